The van der Waals surface area contributed by atoms with Crippen molar-refractivity contribution in [3.63, 3.8) is 0 Å². The Hall–Kier alpha value is -1.37. The monoisotopic (exact) mass is 277 g/mol. The fraction of sp³-hybridized carbons (Fsp3) is 0.600. The van der Waals surface area contributed by atoms with Crippen LogP contribution in [0.3, 0.4) is 0 Å². The normalized spacial score (nSPS) is 19.7. The van der Waals surface area contributed by atoms with E-state index in [-0.39, 0.29) is 35.7 Å². The van der Waals surface area contributed by atoms with Crippen LogP contribution in [0, 0.1) is 0 Å². The Balaban J connectivity index is 2.07. The third kappa shape index (κ3) is 2.90. The molecular formula is C10H14ClF2N5. The summed E-state index contributed by atoms with van der Waals surface area (Å²) in [7, 11) is 0. The van der Waals surface area contributed by atoms with Crippen molar-refractivity contribution >= 4 is 28.9 Å². The summed E-state index contributed by atoms with van der Waals surface area (Å²) in [5, 5.41) is 2.97. The van der Waals surface area contributed by atoms with Gasteiger partial charge in [-0.1, -0.05) is 0 Å². The number of nitrogens with two attached hydrogens (primary N) is 2. The summed E-state index contributed by atoms with van der Waals surface area (Å²) in [6.45, 7) is 0. The van der Waals surface area contributed by atoms with Crippen molar-refractivity contribution < 1.29 is 8.78 Å². The number of nitrogens with one attached hydrogen (secondary N) is 1. The quantitative estimate of drug-likeness (QED) is 0.722. The van der Waals surface area contributed by atoms with E-state index in [1.165, 1.54) is 0 Å². The lowest BCUT2D eigenvalue weighted by Crippen LogP contribution is -2.32. The topological polar surface area (TPSA) is 89.8 Å². The highest BCUT2D eigenvalue weighted by atomic mass is 35.5. The number of halogens is 3. The molecule has 0 amide bonds. The Kier molecular flexibility index (Phi) is 3.43. The van der Waals surface area contributed by atoms with Crippen molar-refractivity contribution in [1.29, 1.82) is 0 Å². The average molecular weight is 278 g/mol. The molecule has 1 heterocycles. The lowest BCUT2D eigenvalue weighted by molar-refractivity contribution is -0.0361. The third-order valence-corrected chi connectivity index (χ3v) is 3.17. The molecule has 100 valence electrons. The van der Waals surface area contributed by atoms with Crippen LogP contribution < -0.4 is 16.8 Å². The van der Waals surface area contributed by atoms with Gasteiger partial charge < -0.3 is 16.8 Å². The van der Waals surface area contributed by atoms with Crippen LogP contribution in [-0.4, -0.2) is 21.9 Å². The van der Waals surface area contributed by atoms with Crippen molar-refractivity contribution in [2.75, 3.05) is 16.8 Å². The molecule has 18 heavy (non-hydrogen) atoms. The first-order chi connectivity index (χ1) is 8.37. The second-order valence-corrected chi connectivity index (χ2v) is 4.75. The highest BCUT2D eigenvalue weighted by Gasteiger charge is 2.35. The molecular weight excluding hydrogens is 264 g/mol. The van der Waals surface area contributed by atoms with Crippen LogP contribution in [0.15, 0.2) is 0 Å². The third-order valence-electron chi connectivity index (χ3n) is 3.01. The standard InChI is InChI=1S/C10H14ClF2N5/c11-9-17-7(15)6(14)8(18-9)16-5-1-3-10(12,13)4-2-5/h5H,1-4,14H2,(H3,15,16,17,18). The van der Waals surface area contributed by atoms with Crippen molar-refractivity contribution in [3.05, 3.63) is 5.28 Å². The van der Waals surface area contributed by atoms with Crippen LogP contribution in [0.1, 0.15) is 25.7 Å². The van der Waals surface area contributed by atoms with Gasteiger partial charge in [-0.25, -0.2) is 8.78 Å². The fourth-order valence-electron chi connectivity index (χ4n) is 1.95. The average Bonchev–Trinajstić information content (AvgIpc) is 2.28. The lowest BCUT2D eigenvalue weighted by atomic mass is 9.92. The maximum absolute atomic E-state index is 13.0. The van der Waals surface area contributed by atoms with Crippen LogP contribution in [-0.2, 0) is 0 Å². The molecule has 0 spiro atoms. The zero-order chi connectivity index (χ0) is 13.3. The minimum absolute atomic E-state index is 0.0228. The number of alkyl halides is 2. The van der Waals surface area contributed by atoms with Gasteiger partial charge in [0.15, 0.2) is 11.6 Å². The smallest absolute Gasteiger partial charge is 0.248 e. The van der Waals surface area contributed by atoms with Crippen molar-refractivity contribution in [1.82, 2.24) is 9.97 Å². The predicted octanol–water partition coefficient (Wildman–Crippen LogP) is 2.28. The van der Waals surface area contributed by atoms with E-state index in [0.717, 1.165) is 0 Å². The van der Waals surface area contributed by atoms with Gasteiger partial charge in [-0.2, -0.15) is 9.97 Å². The molecule has 1 fully saturated rings. The van der Waals surface area contributed by atoms with E-state index in [0.29, 0.717) is 18.7 Å². The maximum Gasteiger partial charge on any atom is 0.248 e. The van der Waals surface area contributed by atoms with Gasteiger partial charge in [0, 0.05) is 18.9 Å². The molecule has 1 aromatic rings. The van der Waals surface area contributed by atoms with Gasteiger partial charge in [-0.3, -0.25) is 0 Å². The van der Waals surface area contributed by atoms with E-state index in [2.05, 4.69) is 15.3 Å². The van der Waals surface area contributed by atoms with E-state index in [1.807, 2.05) is 0 Å². The van der Waals surface area contributed by atoms with Gasteiger partial charge in [0.1, 0.15) is 5.69 Å². The van der Waals surface area contributed by atoms with Crippen LogP contribution in [0.25, 0.3) is 0 Å². The molecule has 0 aromatic carbocycles. The molecule has 0 aliphatic heterocycles. The molecule has 5 nitrogen and oxygen atoms in total. The number of nitrogens with zero attached hydrogens (tertiary/aromatic N) is 2. The Bertz CT molecular complexity index is 444. The number of hydrogen-bond acceptors (Lipinski definition) is 5. The molecule has 0 bridgehead atoms. The molecule has 8 heteroatoms. The highest BCUT2D eigenvalue weighted by molar-refractivity contribution is 6.28. The predicted molar refractivity (Wildman–Crippen MR) is 66.7 cm³/mol. The summed E-state index contributed by atoms with van der Waals surface area (Å²) in [6, 6.07) is -0.0997. The summed E-state index contributed by atoms with van der Waals surface area (Å²) in [5.74, 6) is -2.17. The Morgan fingerprint density at radius 2 is 1.83 bits per heavy atom. The van der Waals surface area contributed by atoms with Crippen LogP contribution in [0.2, 0.25) is 5.28 Å². The summed E-state index contributed by atoms with van der Waals surface area (Å²) < 4.78 is 26.0. The molecule has 0 radical (unpaired) electrons. The van der Waals surface area contributed by atoms with Gasteiger partial charge in [0.05, 0.1) is 0 Å². The van der Waals surface area contributed by atoms with Gasteiger partial charge in [0.2, 0.25) is 11.2 Å². The molecule has 0 unspecified atom stereocenters. The summed E-state index contributed by atoms with van der Waals surface area (Å²) in [5.41, 5.74) is 11.4. The number of aromatic nitrogens is 2. The summed E-state index contributed by atoms with van der Waals surface area (Å²) >= 11 is 5.67. The van der Waals surface area contributed by atoms with Gasteiger partial charge in [-0.15, -0.1) is 0 Å². The number of anilines is 3. The first-order valence-corrected chi connectivity index (χ1v) is 5.98. The second kappa shape index (κ2) is 4.72. The van der Waals surface area contributed by atoms with Crippen molar-refractivity contribution in [2.24, 2.45) is 0 Å². The second-order valence-electron chi connectivity index (χ2n) is 4.41. The van der Waals surface area contributed by atoms with Crippen molar-refractivity contribution in [2.45, 2.75) is 37.6 Å². The number of nitrogen functional groups attached to an aromatic ring is 2. The van der Waals surface area contributed by atoms with Gasteiger partial charge in [-0.05, 0) is 24.4 Å². The summed E-state index contributed by atoms with van der Waals surface area (Å²) in [6.07, 6.45) is 0.430. The van der Waals surface area contributed by atoms with Crippen LogP contribution >= 0.6 is 11.6 Å². The van der Waals surface area contributed by atoms with E-state index < -0.39 is 5.92 Å². The van der Waals surface area contributed by atoms with E-state index in [9.17, 15) is 8.78 Å². The molecule has 5 N–H and O–H groups in total. The van der Waals surface area contributed by atoms with E-state index in [4.69, 9.17) is 23.1 Å². The molecule has 1 aromatic heterocycles. The lowest BCUT2D eigenvalue weighted by Gasteiger charge is -2.29. The Morgan fingerprint density at radius 3 is 2.44 bits per heavy atom. The number of hydrogen-bond donors (Lipinski definition) is 3. The van der Waals surface area contributed by atoms with Gasteiger partial charge >= 0.3 is 0 Å². The molecule has 1 aliphatic carbocycles. The number of rotatable bonds is 2. The minimum Gasteiger partial charge on any atom is -0.393 e. The molecule has 1 saturated carbocycles. The highest BCUT2D eigenvalue weighted by Crippen LogP contribution is 2.35. The first kappa shape index (κ1) is 13.1. The van der Waals surface area contributed by atoms with E-state index >= 15 is 0 Å². The van der Waals surface area contributed by atoms with Crippen LogP contribution in [0.5, 0.6) is 0 Å². The zero-order valence-electron chi connectivity index (χ0n) is 9.59. The Morgan fingerprint density at radius 1 is 1.22 bits per heavy atom. The molecule has 0 atom stereocenters. The van der Waals surface area contributed by atoms with Gasteiger partial charge in [0.25, 0.3) is 0 Å². The molecule has 2 rings (SSSR count). The van der Waals surface area contributed by atoms with E-state index in [1.54, 1.807) is 0 Å². The zero-order valence-corrected chi connectivity index (χ0v) is 10.3. The SMILES string of the molecule is Nc1nc(Cl)nc(NC2CCC(F)(F)CC2)c1N. The van der Waals surface area contributed by atoms with Crippen LogP contribution in [0.4, 0.5) is 26.1 Å². The minimum atomic E-state index is -2.56. The largest absolute Gasteiger partial charge is 0.393 e. The Labute approximate surface area is 108 Å². The fourth-order valence-corrected chi connectivity index (χ4v) is 2.12. The van der Waals surface area contributed by atoms with Crippen molar-refractivity contribution in [3.8, 4) is 0 Å². The molecule has 1 aliphatic rings. The summed E-state index contributed by atoms with van der Waals surface area (Å²) in [4.78, 5) is 7.61. The molecule has 0 saturated heterocycles. The maximum atomic E-state index is 13.0. The first-order valence-electron chi connectivity index (χ1n) is 5.60.